The van der Waals surface area contributed by atoms with Gasteiger partial charge in [-0.2, -0.15) is 5.26 Å². The molecule has 1 N–H and O–H groups in total. The van der Waals surface area contributed by atoms with Gasteiger partial charge in [-0.1, -0.05) is 23.2 Å². The number of halogens is 2. The lowest BCUT2D eigenvalue weighted by atomic mass is 10.1. The normalized spacial score (nSPS) is 10.1. The molecule has 0 aliphatic heterocycles. The Morgan fingerprint density at radius 1 is 1.16 bits per heavy atom. The molecule has 2 rings (SSSR count). The fraction of sp³-hybridized carbons (Fsp3) is 0.154. The molecule has 0 bridgehead atoms. The highest BCUT2D eigenvalue weighted by atomic mass is 35.5. The van der Waals surface area contributed by atoms with E-state index >= 15 is 0 Å². The van der Waals surface area contributed by atoms with E-state index in [-0.39, 0.29) is 0 Å². The van der Waals surface area contributed by atoms with Gasteiger partial charge in [-0.15, -0.1) is 10.2 Å². The van der Waals surface area contributed by atoms with Gasteiger partial charge in [-0.05, 0) is 43.2 Å². The quantitative estimate of drug-likeness (QED) is 0.908. The summed E-state index contributed by atoms with van der Waals surface area (Å²) in [5, 5.41) is 20.9. The third kappa shape index (κ3) is 2.78. The number of benzene rings is 1. The van der Waals surface area contributed by atoms with Crippen molar-refractivity contribution in [3.63, 3.8) is 0 Å². The Balaban J connectivity index is 2.45. The van der Waals surface area contributed by atoms with Gasteiger partial charge in [0.25, 0.3) is 0 Å². The lowest BCUT2D eigenvalue weighted by molar-refractivity contribution is 1.00. The molecule has 6 heteroatoms. The van der Waals surface area contributed by atoms with Crippen LogP contribution < -0.4 is 5.32 Å². The number of hydrogen-bond acceptors (Lipinski definition) is 4. The minimum Gasteiger partial charge on any atom is -0.337 e. The molecule has 0 radical (unpaired) electrons. The molecule has 0 saturated carbocycles. The second-order valence-electron chi connectivity index (χ2n) is 4.02. The zero-order chi connectivity index (χ0) is 14.0. The van der Waals surface area contributed by atoms with Crippen molar-refractivity contribution in [2.75, 3.05) is 5.32 Å². The van der Waals surface area contributed by atoms with Gasteiger partial charge in [0, 0.05) is 5.02 Å². The minimum absolute atomic E-state index is 0.370. The average molecular weight is 293 g/mol. The second-order valence-corrected chi connectivity index (χ2v) is 4.81. The van der Waals surface area contributed by atoms with Crippen LogP contribution in [0.15, 0.2) is 18.2 Å². The van der Waals surface area contributed by atoms with Crippen LogP contribution in [-0.4, -0.2) is 10.2 Å². The zero-order valence-electron chi connectivity index (χ0n) is 10.3. The molecule has 4 nitrogen and oxygen atoms in total. The molecule has 0 spiro atoms. The topological polar surface area (TPSA) is 61.6 Å². The van der Waals surface area contributed by atoms with Crippen molar-refractivity contribution in [3.8, 4) is 6.07 Å². The number of nitrogens with one attached hydrogen (secondary N) is 1. The van der Waals surface area contributed by atoms with E-state index in [0.717, 1.165) is 11.1 Å². The number of hydrogen-bond donors (Lipinski definition) is 1. The standard InChI is InChI=1S/C13H10Cl2N4/c1-7-8(2)13(19-18-12(7)15)17-11-5-10(14)4-3-9(11)6-16/h3-5H,1-2H3,(H,17,19). The first kappa shape index (κ1) is 13.6. The van der Waals surface area contributed by atoms with E-state index in [2.05, 4.69) is 21.6 Å². The van der Waals surface area contributed by atoms with Crippen LogP contribution in [0.5, 0.6) is 0 Å². The largest absolute Gasteiger partial charge is 0.337 e. The molecule has 0 amide bonds. The van der Waals surface area contributed by atoms with E-state index in [1.165, 1.54) is 0 Å². The molecular formula is C13H10Cl2N4. The van der Waals surface area contributed by atoms with Gasteiger partial charge >= 0.3 is 0 Å². The Kier molecular flexibility index (Phi) is 3.89. The van der Waals surface area contributed by atoms with E-state index in [9.17, 15) is 0 Å². The number of anilines is 2. The molecule has 0 unspecified atom stereocenters. The third-order valence-corrected chi connectivity index (χ3v) is 3.41. The van der Waals surface area contributed by atoms with Gasteiger partial charge in [0.2, 0.25) is 0 Å². The molecule has 1 aromatic heterocycles. The molecule has 0 aliphatic carbocycles. The minimum atomic E-state index is 0.370. The molecule has 19 heavy (non-hydrogen) atoms. The fourth-order valence-electron chi connectivity index (χ4n) is 1.54. The van der Waals surface area contributed by atoms with Crippen molar-refractivity contribution in [1.82, 2.24) is 10.2 Å². The Bertz CT molecular complexity index is 677. The highest BCUT2D eigenvalue weighted by Gasteiger charge is 2.10. The van der Waals surface area contributed by atoms with E-state index in [1.807, 2.05) is 13.8 Å². The maximum absolute atomic E-state index is 9.07. The molecular weight excluding hydrogens is 283 g/mol. The van der Waals surface area contributed by atoms with Crippen LogP contribution >= 0.6 is 23.2 Å². The monoisotopic (exact) mass is 292 g/mol. The lowest BCUT2D eigenvalue weighted by Crippen LogP contribution is -2.02. The van der Waals surface area contributed by atoms with Crippen LogP contribution in [0.3, 0.4) is 0 Å². The van der Waals surface area contributed by atoms with E-state index in [1.54, 1.807) is 18.2 Å². The van der Waals surface area contributed by atoms with Gasteiger partial charge in [0.15, 0.2) is 11.0 Å². The van der Waals surface area contributed by atoms with Gasteiger partial charge < -0.3 is 5.32 Å². The Morgan fingerprint density at radius 3 is 2.58 bits per heavy atom. The molecule has 96 valence electrons. The van der Waals surface area contributed by atoms with Crippen LogP contribution in [0.4, 0.5) is 11.5 Å². The van der Waals surface area contributed by atoms with Gasteiger partial charge in [-0.25, -0.2) is 0 Å². The fourth-order valence-corrected chi connectivity index (χ4v) is 1.89. The Hall–Kier alpha value is -1.83. The average Bonchev–Trinajstić information content (AvgIpc) is 2.40. The van der Waals surface area contributed by atoms with E-state index in [4.69, 9.17) is 28.5 Å². The molecule has 0 fully saturated rings. The number of aromatic nitrogens is 2. The zero-order valence-corrected chi connectivity index (χ0v) is 11.8. The maximum Gasteiger partial charge on any atom is 0.156 e. The summed E-state index contributed by atoms with van der Waals surface area (Å²) in [7, 11) is 0. The summed E-state index contributed by atoms with van der Waals surface area (Å²) in [6, 6.07) is 7.08. The molecule has 0 saturated heterocycles. The second kappa shape index (κ2) is 5.43. The van der Waals surface area contributed by atoms with Crippen molar-refractivity contribution < 1.29 is 0 Å². The van der Waals surface area contributed by atoms with Crippen LogP contribution in [0.2, 0.25) is 10.2 Å². The summed E-state index contributed by atoms with van der Waals surface area (Å²) < 4.78 is 0. The highest BCUT2D eigenvalue weighted by Crippen LogP contribution is 2.27. The SMILES string of the molecule is Cc1c(Cl)nnc(Nc2cc(Cl)ccc2C#N)c1C. The molecule has 2 aromatic rings. The predicted octanol–water partition coefficient (Wildman–Crippen LogP) is 4.02. The van der Waals surface area contributed by atoms with E-state index < -0.39 is 0 Å². The lowest BCUT2D eigenvalue weighted by Gasteiger charge is -2.11. The van der Waals surface area contributed by atoms with Crippen LogP contribution in [0.25, 0.3) is 0 Å². The highest BCUT2D eigenvalue weighted by molar-refractivity contribution is 6.31. The van der Waals surface area contributed by atoms with Crippen molar-refractivity contribution >= 4 is 34.7 Å². The predicted molar refractivity (Wildman–Crippen MR) is 76.0 cm³/mol. The molecule has 0 aliphatic rings. The van der Waals surface area contributed by atoms with Gasteiger partial charge in [0.05, 0.1) is 11.3 Å². The number of rotatable bonds is 2. The summed E-state index contributed by atoms with van der Waals surface area (Å²) in [6.45, 7) is 3.75. The summed E-state index contributed by atoms with van der Waals surface area (Å²) in [5.41, 5.74) is 2.80. The first-order valence-corrected chi connectivity index (χ1v) is 6.24. The summed E-state index contributed by atoms with van der Waals surface area (Å²) in [5.74, 6) is 0.556. The summed E-state index contributed by atoms with van der Waals surface area (Å²) in [4.78, 5) is 0. The molecule has 1 aromatic carbocycles. The van der Waals surface area contributed by atoms with Crippen molar-refractivity contribution in [2.24, 2.45) is 0 Å². The molecule has 1 heterocycles. The van der Waals surface area contributed by atoms with Crippen LogP contribution in [0.1, 0.15) is 16.7 Å². The van der Waals surface area contributed by atoms with Gasteiger partial charge in [0.1, 0.15) is 6.07 Å². The number of nitrogens with zero attached hydrogens (tertiary/aromatic N) is 3. The first-order valence-electron chi connectivity index (χ1n) is 5.49. The van der Waals surface area contributed by atoms with Crippen molar-refractivity contribution in [1.29, 1.82) is 5.26 Å². The van der Waals surface area contributed by atoms with Crippen LogP contribution in [-0.2, 0) is 0 Å². The summed E-state index contributed by atoms with van der Waals surface area (Å²) in [6.07, 6.45) is 0. The molecule has 0 atom stereocenters. The third-order valence-electron chi connectivity index (χ3n) is 2.82. The van der Waals surface area contributed by atoms with Crippen molar-refractivity contribution in [3.05, 3.63) is 45.1 Å². The van der Waals surface area contributed by atoms with Crippen LogP contribution in [0, 0.1) is 25.2 Å². The maximum atomic E-state index is 9.07. The number of nitriles is 1. The first-order chi connectivity index (χ1) is 9.02. The Morgan fingerprint density at radius 2 is 1.89 bits per heavy atom. The van der Waals surface area contributed by atoms with E-state index in [0.29, 0.717) is 27.2 Å². The smallest absolute Gasteiger partial charge is 0.156 e. The van der Waals surface area contributed by atoms with Gasteiger partial charge in [-0.3, -0.25) is 0 Å². The Labute approximate surface area is 121 Å². The van der Waals surface area contributed by atoms with Crippen molar-refractivity contribution in [2.45, 2.75) is 13.8 Å². The summed E-state index contributed by atoms with van der Waals surface area (Å²) >= 11 is 11.8.